The van der Waals surface area contributed by atoms with Gasteiger partial charge in [0.1, 0.15) is 17.2 Å². The number of carboxylic acid groups (broad SMARTS) is 1. The van der Waals surface area contributed by atoms with Crippen molar-refractivity contribution in [2.24, 2.45) is 5.73 Å². The number of aromatic nitrogens is 1. The lowest BCUT2D eigenvalue weighted by Crippen LogP contribution is -2.38. The fraction of sp³-hybridized carbons (Fsp3) is 0.636. The van der Waals surface area contributed by atoms with Gasteiger partial charge >= 0.3 is 5.97 Å². The van der Waals surface area contributed by atoms with E-state index >= 15 is 0 Å². The standard InChI is InChI=1S/C11H17N3O3S/c1-2-14-3-4-17-8(5-14)10-13-7(6-18-10)9(12)11(15)16/h6,8-9H,2-5,12H2,1H3,(H,15,16). The van der Waals surface area contributed by atoms with Gasteiger partial charge in [-0.1, -0.05) is 6.92 Å². The number of aliphatic carboxylic acids is 1. The Bertz CT molecular complexity index is 423. The molecule has 0 bridgehead atoms. The number of hydrogen-bond acceptors (Lipinski definition) is 6. The van der Waals surface area contributed by atoms with Crippen LogP contribution >= 0.6 is 11.3 Å². The van der Waals surface area contributed by atoms with E-state index in [1.54, 1.807) is 5.38 Å². The summed E-state index contributed by atoms with van der Waals surface area (Å²) in [7, 11) is 0. The highest BCUT2D eigenvalue weighted by molar-refractivity contribution is 7.09. The van der Waals surface area contributed by atoms with Crippen molar-refractivity contribution in [1.82, 2.24) is 9.88 Å². The van der Waals surface area contributed by atoms with Crippen LogP contribution in [0.25, 0.3) is 0 Å². The van der Waals surface area contributed by atoms with Gasteiger partial charge in [-0.2, -0.15) is 0 Å². The van der Waals surface area contributed by atoms with E-state index in [1.807, 2.05) is 0 Å². The Labute approximate surface area is 109 Å². The summed E-state index contributed by atoms with van der Waals surface area (Å²) in [6.07, 6.45) is -0.0709. The first kappa shape index (κ1) is 13.4. The van der Waals surface area contributed by atoms with Crippen molar-refractivity contribution in [2.75, 3.05) is 26.2 Å². The Morgan fingerprint density at radius 2 is 2.61 bits per heavy atom. The number of nitrogens with two attached hydrogens (primary N) is 1. The van der Waals surface area contributed by atoms with Crippen LogP contribution in [0.15, 0.2) is 5.38 Å². The van der Waals surface area contributed by atoms with E-state index in [9.17, 15) is 4.79 Å². The van der Waals surface area contributed by atoms with Crippen LogP contribution < -0.4 is 5.73 Å². The zero-order valence-corrected chi connectivity index (χ0v) is 11.0. The zero-order valence-electron chi connectivity index (χ0n) is 10.2. The van der Waals surface area contributed by atoms with Crippen LogP contribution in [-0.4, -0.2) is 47.2 Å². The SMILES string of the molecule is CCN1CCOC(c2nc(C(N)C(=O)O)cs2)C1. The number of carbonyl (C=O) groups is 1. The molecule has 6 nitrogen and oxygen atoms in total. The average Bonchev–Trinajstić information content (AvgIpc) is 2.87. The molecule has 2 rings (SSSR count). The quantitative estimate of drug-likeness (QED) is 0.834. The fourth-order valence-electron chi connectivity index (χ4n) is 1.86. The van der Waals surface area contributed by atoms with Crippen LogP contribution in [0.4, 0.5) is 0 Å². The highest BCUT2D eigenvalue weighted by atomic mass is 32.1. The highest BCUT2D eigenvalue weighted by Gasteiger charge is 2.25. The second-order valence-corrected chi connectivity index (χ2v) is 5.07. The second-order valence-electron chi connectivity index (χ2n) is 4.18. The van der Waals surface area contributed by atoms with Crippen molar-refractivity contribution >= 4 is 17.3 Å². The van der Waals surface area contributed by atoms with E-state index in [-0.39, 0.29) is 6.10 Å². The van der Waals surface area contributed by atoms with Gasteiger partial charge in [-0.15, -0.1) is 11.3 Å². The summed E-state index contributed by atoms with van der Waals surface area (Å²) in [5.41, 5.74) is 5.93. The second kappa shape index (κ2) is 5.75. The topological polar surface area (TPSA) is 88.7 Å². The molecule has 2 unspecified atom stereocenters. The molecule has 0 amide bonds. The van der Waals surface area contributed by atoms with Gasteiger partial charge in [0.05, 0.1) is 12.3 Å². The van der Waals surface area contributed by atoms with Gasteiger partial charge in [-0.3, -0.25) is 9.69 Å². The van der Waals surface area contributed by atoms with Gasteiger partial charge in [0.25, 0.3) is 0 Å². The van der Waals surface area contributed by atoms with E-state index in [0.717, 1.165) is 24.6 Å². The smallest absolute Gasteiger partial charge is 0.326 e. The molecule has 0 aromatic carbocycles. The number of morpholine rings is 1. The molecule has 2 atom stereocenters. The predicted molar refractivity (Wildman–Crippen MR) is 67.5 cm³/mol. The number of ether oxygens (including phenoxy) is 1. The van der Waals surface area contributed by atoms with Crippen LogP contribution in [-0.2, 0) is 9.53 Å². The van der Waals surface area contributed by atoms with Crippen LogP contribution in [0.5, 0.6) is 0 Å². The number of hydrogen-bond donors (Lipinski definition) is 2. The first-order chi connectivity index (χ1) is 8.61. The molecular weight excluding hydrogens is 254 g/mol. The fourth-order valence-corrected chi connectivity index (χ4v) is 2.75. The molecule has 0 spiro atoms. The molecule has 2 heterocycles. The minimum atomic E-state index is -1.06. The number of carboxylic acids is 1. The molecule has 0 saturated carbocycles. The number of likely N-dealkylation sites (N-methyl/N-ethyl adjacent to an activating group) is 1. The first-order valence-corrected chi connectivity index (χ1v) is 6.77. The number of nitrogens with zero attached hydrogens (tertiary/aromatic N) is 2. The molecule has 3 N–H and O–H groups in total. The average molecular weight is 271 g/mol. The van der Waals surface area contributed by atoms with Gasteiger partial charge in [0.15, 0.2) is 0 Å². The third-order valence-corrected chi connectivity index (χ3v) is 3.95. The lowest BCUT2D eigenvalue weighted by Gasteiger charge is -2.30. The van der Waals surface area contributed by atoms with Crippen molar-refractivity contribution in [3.05, 3.63) is 16.1 Å². The summed E-state index contributed by atoms with van der Waals surface area (Å²) in [6.45, 7) is 5.49. The molecular formula is C11H17N3O3S. The van der Waals surface area contributed by atoms with Crippen molar-refractivity contribution in [2.45, 2.75) is 19.1 Å². The summed E-state index contributed by atoms with van der Waals surface area (Å²) < 4.78 is 5.67. The highest BCUT2D eigenvalue weighted by Crippen LogP contribution is 2.26. The van der Waals surface area contributed by atoms with Crippen LogP contribution in [0.2, 0.25) is 0 Å². The molecule has 1 aliphatic rings. The van der Waals surface area contributed by atoms with Crippen molar-refractivity contribution in [1.29, 1.82) is 0 Å². The van der Waals surface area contributed by atoms with Crippen molar-refractivity contribution < 1.29 is 14.6 Å². The lowest BCUT2D eigenvalue weighted by molar-refractivity contribution is -0.138. The van der Waals surface area contributed by atoms with E-state index < -0.39 is 12.0 Å². The molecule has 1 aromatic rings. The predicted octanol–water partition coefficient (Wildman–Crippen LogP) is 0.621. The Kier molecular flexibility index (Phi) is 4.28. The van der Waals surface area contributed by atoms with Gasteiger partial charge in [-0.25, -0.2) is 4.98 Å². The molecule has 1 aliphatic heterocycles. The van der Waals surface area contributed by atoms with Crippen LogP contribution in [0.1, 0.15) is 29.8 Å². The number of thiazole rings is 1. The molecule has 1 saturated heterocycles. The van der Waals surface area contributed by atoms with Gasteiger partial charge < -0.3 is 15.6 Å². The molecule has 0 aliphatic carbocycles. The van der Waals surface area contributed by atoms with Crippen LogP contribution in [0.3, 0.4) is 0 Å². The van der Waals surface area contributed by atoms with E-state index in [2.05, 4.69) is 16.8 Å². The molecule has 1 aromatic heterocycles. The molecule has 1 fully saturated rings. The molecule has 100 valence electrons. The summed E-state index contributed by atoms with van der Waals surface area (Å²) in [5.74, 6) is -1.06. The maximum absolute atomic E-state index is 10.8. The molecule has 0 radical (unpaired) electrons. The largest absolute Gasteiger partial charge is 0.480 e. The summed E-state index contributed by atoms with van der Waals surface area (Å²) in [4.78, 5) is 17.4. The normalized spacial score (nSPS) is 22.9. The lowest BCUT2D eigenvalue weighted by atomic mass is 10.2. The van der Waals surface area contributed by atoms with Gasteiger partial charge in [-0.05, 0) is 6.54 Å². The van der Waals surface area contributed by atoms with E-state index in [1.165, 1.54) is 11.3 Å². The Hall–Kier alpha value is -1.02. The Balaban J connectivity index is 2.07. The van der Waals surface area contributed by atoms with Crippen molar-refractivity contribution in [3.8, 4) is 0 Å². The Morgan fingerprint density at radius 3 is 3.28 bits per heavy atom. The third kappa shape index (κ3) is 2.86. The third-order valence-electron chi connectivity index (χ3n) is 3.00. The number of rotatable bonds is 4. The van der Waals surface area contributed by atoms with Gasteiger partial charge in [0, 0.05) is 18.5 Å². The summed E-state index contributed by atoms with van der Waals surface area (Å²) >= 11 is 1.41. The minimum absolute atomic E-state index is 0.0709. The Morgan fingerprint density at radius 1 is 1.83 bits per heavy atom. The summed E-state index contributed by atoms with van der Waals surface area (Å²) in [6, 6.07) is -1.05. The van der Waals surface area contributed by atoms with Crippen LogP contribution in [0, 0.1) is 0 Å². The summed E-state index contributed by atoms with van der Waals surface area (Å²) in [5, 5.41) is 11.3. The monoisotopic (exact) mass is 271 g/mol. The molecule has 18 heavy (non-hydrogen) atoms. The first-order valence-electron chi connectivity index (χ1n) is 5.89. The van der Waals surface area contributed by atoms with E-state index in [4.69, 9.17) is 15.6 Å². The minimum Gasteiger partial charge on any atom is -0.480 e. The van der Waals surface area contributed by atoms with Crippen molar-refractivity contribution in [3.63, 3.8) is 0 Å². The molecule has 7 heteroatoms. The van der Waals surface area contributed by atoms with E-state index in [0.29, 0.717) is 12.3 Å². The maximum Gasteiger partial charge on any atom is 0.326 e. The van der Waals surface area contributed by atoms with Gasteiger partial charge in [0.2, 0.25) is 0 Å². The maximum atomic E-state index is 10.8. The zero-order chi connectivity index (χ0) is 13.1.